The lowest BCUT2D eigenvalue weighted by atomic mass is 10.3. The van der Waals surface area contributed by atoms with Crippen LogP contribution in [0.15, 0.2) is 30.3 Å². The second kappa shape index (κ2) is 5.67. The Morgan fingerprint density at radius 2 is 1.94 bits per heavy atom. The number of sulfonamides is 1. The number of benzene rings is 1. The molecule has 6 heteroatoms. The standard InChI is InChI=1S/C11H15NO4S/c1-3-16-11(13)9(2)17(14,15)12-10-7-5-4-6-8-10/h4-9,12H,3H2,1-2H3. The Labute approximate surface area is 101 Å². The van der Waals surface area contributed by atoms with Gasteiger partial charge in [0.2, 0.25) is 10.0 Å². The molecule has 0 saturated heterocycles. The third kappa shape index (κ3) is 3.74. The number of ether oxygens (including phenoxy) is 1. The molecule has 0 aromatic heterocycles. The van der Waals surface area contributed by atoms with E-state index in [4.69, 9.17) is 0 Å². The van der Waals surface area contributed by atoms with Crippen molar-refractivity contribution in [2.45, 2.75) is 19.1 Å². The number of rotatable bonds is 5. The van der Waals surface area contributed by atoms with Crippen molar-refractivity contribution in [1.29, 1.82) is 0 Å². The maximum absolute atomic E-state index is 11.8. The van der Waals surface area contributed by atoms with Crippen LogP contribution in [0, 0.1) is 0 Å². The molecule has 0 aliphatic heterocycles. The molecule has 0 radical (unpaired) electrons. The molecule has 17 heavy (non-hydrogen) atoms. The third-order valence-corrected chi connectivity index (χ3v) is 3.76. The fourth-order valence-corrected chi connectivity index (χ4v) is 2.11. The van der Waals surface area contributed by atoms with Crippen molar-refractivity contribution in [3.05, 3.63) is 30.3 Å². The predicted molar refractivity (Wildman–Crippen MR) is 65.1 cm³/mol. The zero-order valence-corrected chi connectivity index (χ0v) is 10.5. The molecule has 1 atom stereocenters. The zero-order valence-electron chi connectivity index (χ0n) is 9.71. The maximum Gasteiger partial charge on any atom is 0.325 e. The van der Waals surface area contributed by atoms with Crippen LogP contribution in [0.2, 0.25) is 0 Å². The Hall–Kier alpha value is -1.56. The summed E-state index contributed by atoms with van der Waals surface area (Å²) in [5.41, 5.74) is 0.420. The van der Waals surface area contributed by atoms with E-state index in [9.17, 15) is 13.2 Å². The van der Waals surface area contributed by atoms with Crippen molar-refractivity contribution in [1.82, 2.24) is 0 Å². The Morgan fingerprint density at radius 1 is 1.35 bits per heavy atom. The molecule has 0 aliphatic carbocycles. The Balaban J connectivity index is 2.79. The topological polar surface area (TPSA) is 72.5 Å². The van der Waals surface area contributed by atoms with Crippen molar-refractivity contribution in [2.24, 2.45) is 0 Å². The van der Waals surface area contributed by atoms with E-state index in [1.54, 1.807) is 37.3 Å². The summed E-state index contributed by atoms with van der Waals surface area (Å²) in [7, 11) is -3.76. The largest absolute Gasteiger partial charge is 0.465 e. The molecule has 0 fully saturated rings. The highest BCUT2D eigenvalue weighted by Gasteiger charge is 2.29. The number of hydrogen-bond donors (Lipinski definition) is 1. The van der Waals surface area contributed by atoms with Gasteiger partial charge < -0.3 is 4.74 Å². The van der Waals surface area contributed by atoms with E-state index in [2.05, 4.69) is 9.46 Å². The summed E-state index contributed by atoms with van der Waals surface area (Å²) >= 11 is 0. The molecule has 1 aromatic rings. The van der Waals surface area contributed by atoms with Crippen LogP contribution >= 0.6 is 0 Å². The Kier molecular flexibility index (Phi) is 4.51. The van der Waals surface area contributed by atoms with Crippen LogP contribution in [0.4, 0.5) is 5.69 Å². The van der Waals surface area contributed by atoms with Gasteiger partial charge in [-0.05, 0) is 26.0 Å². The highest BCUT2D eigenvalue weighted by Crippen LogP contribution is 2.11. The minimum Gasteiger partial charge on any atom is -0.465 e. The first-order valence-electron chi connectivity index (χ1n) is 5.20. The quantitative estimate of drug-likeness (QED) is 0.809. The lowest BCUT2D eigenvalue weighted by Gasteiger charge is -2.13. The van der Waals surface area contributed by atoms with Crippen molar-refractivity contribution >= 4 is 21.7 Å². The van der Waals surface area contributed by atoms with Gasteiger partial charge >= 0.3 is 5.97 Å². The van der Waals surface area contributed by atoms with Crippen LogP contribution in [-0.2, 0) is 19.6 Å². The van der Waals surface area contributed by atoms with Gasteiger partial charge in [0.15, 0.2) is 5.25 Å². The van der Waals surface area contributed by atoms with Gasteiger partial charge in [0, 0.05) is 5.69 Å². The van der Waals surface area contributed by atoms with Gasteiger partial charge in [-0.1, -0.05) is 18.2 Å². The van der Waals surface area contributed by atoms with Crippen molar-refractivity contribution in [3.63, 3.8) is 0 Å². The summed E-state index contributed by atoms with van der Waals surface area (Å²) in [6, 6.07) is 8.39. The normalized spacial score (nSPS) is 12.8. The maximum atomic E-state index is 11.8. The predicted octanol–water partition coefficient (Wildman–Crippen LogP) is 1.38. The minimum atomic E-state index is -3.76. The third-order valence-electron chi connectivity index (χ3n) is 2.12. The summed E-state index contributed by atoms with van der Waals surface area (Å²) < 4.78 is 30.6. The van der Waals surface area contributed by atoms with E-state index in [0.717, 1.165) is 0 Å². The molecule has 0 bridgehead atoms. The molecule has 1 rings (SSSR count). The lowest BCUT2D eigenvalue weighted by Crippen LogP contribution is -2.33. The van der Waals surface area contributed by atoms with E-state index < -0.39 is 21.2 Å². The first kappa shape index (κ1) is 13.5. The summed E-state index contributed by atoms with van der Waals surface area (Å²) in [6.07, 6.45) is 0. The number of hydrogen-bond acceptors (Lipinski definition) is 4. The monoisotopic (exact) mass is 257 g/mol. The molecule has 0 saturated carbocycles. The van der Waals surface area contributed by atoms with Crippen LogP contribution in [-0.4, -0.2) is 26.2 Å². The van der Waals surface area contributed by atoms with Crippen molar-refractivity contribution in [3.8, 4) is 0 Å². The SMILES string of the molecule is CCOC(=O)C(C)S(=O)(=O)Nc1ccccc1. The van der Waals surface area contributed by atoms with E-state index in [1.165, 1.54) is 6.92 Å². The second-order valence-corrected chi connectivity index (χ2v) is 5.41. The molecule has 94 valence electrons. The van der Waals surface area contributed by atoms with Gasteiger partial charge in [-0.3, -0.25) is 9.52 Å². The first-order valence-corrected chi connectivity index (χ1v) is 6.75. The first-order chi connectivity index (χ1) is 7.97. The highest BCUT2D eigenvalue weighted by molar-refractivity contribution is 7.94. The Morgan fingerprint density at radius 3 is 2.47 bits per heavy atom. The number of carbonyl (C=O) groups is 1. The zero-order chi connectivity index (χ0) is 12.9. The van der Waals surface area contributed by atoms with Crippen LogP contribution in [0.3, 0.4) is 0 Å². The molecule has 1 aromatic carbocycles. The summed E-state index contributed by atoms with van der Waals surface area (Å²) in [5.74, 6) is -0.754. The summed E-state index contributed by atoms with van der Waals surface area (Å²) in [6.45, 7) is 3.08. The van der Waals surface area contributed by atoms with Gasteiger partial charge in [-0.2, -0.15) is 0 Å². The summed E-state index contributed by atoms with van der Waals surface area (Å²) in [5, 5.41) is -1.23. The fraction of sp³-hybridized carbons (Fsp3) is 0.364. The van der Waals surface area contributed by atoms with Gasteiger partial charge in [0.1, 0.15) is 0 Å². The summed E-state index contributed by atoms with van der Waals surface area (Å²) in [4.78, 5) is 11.3. The average molecular weight is 257 g/mol. The van der Waals surface area contributed by atoms with Crippen molar-refractivity contribution in [2.75, 3.05) is 11.3 Å². The fourth-order valence-electron chi connectivity index (χ4n) is 1.15. The molecule has 0 aliphatic rings. The number of para-hydroxylation sites is 1. The van der Waals surface area contributed by atoms with Crippen LogP contribution < -0.4 is 4.72 Å². The van der Waals surface area contributed by atoms with E-state index in [-0.39, 0.29) is 6.61 Å². The van der Waals surface area contributed by atoms with E-state index >= 15 is 0 Å². The molecule has 1 unspecified atom stereocenters. The molecular weight excluding hydrogens is 242 g/mol. The van der Waals surface area contributed by atoms with Gasteiger partial charge in [-0.25, -0.2) is 8.42 Å². The minimum absolute atomic E-state index is 0.157. The van der Waals surface area contributed by atoms with Crippen LogP contribution in [0.5, 0.6) is 0 Å². The average Bonchev–Trinajstić information content (AvgIpc) is 2.29. The second-order valence-electron chi connectivity index (χ2n) is 3.41. The molecule has 0 heterocycles. The van der Waals surface area contributed by atoms with E-state index in [1.807, 2.05) is 0 Å². The van der Waals surface area contributed by atoms with Gasteiger partial charge in [-0.15, -0.1) is 0 Å². The lowest BCUT2D eigenvalue weighted by molar-refractivity contribution is -0.142. The molecule has 1 N–H and O–H groups in total. The van der Waals surface area contributed by atoms with Crippen LogP contribution in [0.1, 0.15) is 13.8 Å². The van der Waals surface area contributed by atoms with E-state index in [0.29, 0.717) is 5.69 Å². The molecule has 0 amide bonds. The highest BCUT2D eigenvalue weighted by atomic mass is 32.2. The Bertz CT molecular complexity index is 470. The van der Waals surface area contributed by atoms with Crippen LogP contribution in [0.25, 0.3) is 0 Å². The number of carbonyl (C=O) groups excluding carboxylic acids is 1. The van der Waals surface area contributed by atoms with Gasteiger partial charge in [0.05, 0.1) is 6.61 Å². The number of esters is 1. The van der Waals surface area contributed by atoms with Gasteiger partial charge in [0.25, 0.3) is 0 Å². The number of anilines is 1. The molecule has 5 nitrogen and oxygen atoms in total. The smallest absolute Gasteiger partial charge is 0.325 e. The van der Waals surface area contributed by atoms with Crippen molar-refractivity contribution < 1.29 is 17.9 Å². The molecule has 0 spiro atoms. The number of nitrogens with one attached hydrogen (secondary N) is 1. The molecular formula is C11H15NO4S.